The average molecular weight is 359 g/mol. The molecule has 4 rings (SSSR count). The lowest BCUT2D eigenvalue weighted by atomic mass is 9.84. The van der Waals surface area contributed by atoms with Gasteiger partial charge in [0.25, 0.3) is 0 Å². The van der Waals surface area contributed by atoms with E-state index in [2.05, 4.69) is 4.90 Å². The van der Waals surface area contributed by atoms with E-state index in [4.69, 9.17) is 9.47 Å². The number of nitrogens with zero attached hydrogens (tertiary/aromatic N) is 1. The summed E-state index contributed by atoms with van der Waals surface area (Å²) < 4.78 is 23.7. The van der Waals surface area contributed by atoms with Crippen LogP contribution in [0.2, 0.25) is 0 Å². The number of benzene rings is 2. The number of ether oxygens (including phenoxy) is 2. The van der Waals surface area contributed by atoms with Crippen LogP contribution in [0.4, 0.5) is 4.39 Å². The summed E-state index contributed by atoms with van der Waals surface area (Å²) in [6.45, 7) is 2.02. The van der Waals surface area contributed by atoms with Gasteiger partial charge >= 0.3 is 0 Å². The molecule has 0 amide bonds. The molecule has 2 aliphatic rings. The fraction of sp³-hybridized carbons (Fsp3) is 0.400. The van der Waals surface area contributed by atoms with Crippen LogP contribution < -0.4 is 9.47 Å². The summed E-state index contributed by atoms with van der Waals surface area (Å²) in [4.78, 5) is 2.12. The van der Waals surface area contributed by atoms with Crippen LogP contribution in [0.1, 0.15) is 30.1 Å². The molecule has 2 heterocycles. The van der Waals surface area contributed by atoms with Crippen molar-refractivity contribution in [3.63, 3.8) is 0 Å². The maximum atomic E-state index is 13.0. The summed E-state index contributed by atoms with van der Waals surface area (Å²) in [6, 6.07) is 11.5. The number of aliphatic hydroxyl groups excluding tert-OH is 1. The summed E-state index contributed by atoms with van der Waals surface area (Å²) in [5.41, 5.74) is 0.627. The molecule has 2 aromatic carbocycles. The number of aliphatic hydroxyl groups is 2. The van der Waals surface area contributed by atoms with E-state index in [0.717, 1.165) is 5.56 Å². The summed E-state index contributed by atoms with van der Waals surface area (Å²) in [5, 5.41) is 21.4. The topological polar surface area (TPSA) is 62.2 Å². The zero-order valence-corrected chi connectivity index (χ0v) is 14.4. The lowest BCUT2D eigenvalue weighted by molar-refractivity contribution is -0.0345. The maximum absolute atomic E-state index is 13.0. The van der Waals surface area contributed by atoms with Crippen molar-refractivity contribution in [2.24, 2.45) is 0 Å². The first-order chi connectivity index (χ1) is 12.5. The van der Waals surface area contributed by atoms with E-state index in [1.54, 1.807) is 12.1 Å². The number of rotatable bonds is 4. The van der Waals surface area contributed by atoms with Gasteiger partial charge in [0.15, 0.2) is 11.5 Å². The largest absolute Gasteiger partial charge is 0.454 e. The Labute approximate surface area is 151 Å². The summed E-state index contributed by atoms with van der Waals surface area (Å²) >= 11 is 0. The van der Waals surface area contributed by atoms with Crippen molar-refractivity contribution in [3.05, 3.63) is 59.4 Å². The van der Waals surface area contributed by atoms with Crippen LogP contribution >= 0.6 is 0 Å². The van der Waals surface area contributed by atoms with Crippen LogP contribution in [0, 0.1) is 5.82 Å². The van der Waals surface area contributed by atoms with Crippen molar-refractivity contribution in [2.45, 2.75) is 24.5 Å². The molecule has 1 atom stereocenters. The lowest BCUT2D eigenvalue weighted by Crippen LogP contribution is -2.43. The Morgan fingerprint density at radius 1 is 1.04 bits per heavy atom. The Hall–Kier alpha value is -2.15. The van der Waals surface area contributed by atoms with Crippen LogP contribution in [0.25, 0.3) is 0 Å². The predicted molar refractivity (Wildman–Crippen MR) is 93.5 cm³/mol. The van der Waals surface area contributed by atoms with Gasteiger partial charge in [0.1, 0.15) is 5.82 Å². The summed E-state index contributed by atoms with van der Waals surface area (Å²) in [7, 11) is 0. The smallest absolute Gasteiger partial charge is 0.231 e. The predicted octanol–water partition coefficient (Wildman–Crippen LogP) is 2.57. The fourth-order valence-electron chi connectivity index (χ4n) is 3.62. The third-order valence-corrected chi connectivity index (χ3v) is 5.28. The molecule has 1 saturated heterocycles. The van der Waals surface area contributed by atoms with Gasteiger partial charge in [-0.2, -0.15) is 0 Å². The average Bonchev–Trinajstić information content (AvgIpc) is 3.12. The second-order valence-electron chi connectivity index (χ2n) is 6.97. The van der Waals surface area contributed by atoms with Gasteiger partial charge in [-0.3, -0.25) is 0 Å². The van der Waals surface area contributed by atoms with Gasteiger partial charge in [-0.05, 0) is 48.2 Å². The zero-order chi connectivity index (χ0) is 18.1. The van der Waals surface area contributed by atoms with Crippen molar-refractivity contribution >= 4 is 0 Å². The van der Waals surface area contributed by atoms with Crippen molar-refractivity contribution in [2.75, 3.05) is 26.4 Å². The minimum atomic E-state index is -0.904. The van der Waals surface area contributed by atoms with Crippen LogP contribution in [0.3, 0.4) is 0 Å². The van der Waals surface area contributed by atoms with Crippen LogP contribution in [-0.2, 0) is 5.60 Å². The minimum absolute atomic E-state index is 0.215. The van der Waals surface area contributed by atoms with E-state index in [-0.39, 0.29) is 12.6 Å². The number of hydrogen-bond acceptors (Lipinski definition) is 5. The second kappa shape index (κ2) is 6.87. The minimum Gasteiger partial charge on any atom is -0.454 e. The Kier molecular flexibility index (Phi) is 4.56. The number of likely N-dealkylation sites (tertiary alicyclic amines) is 1. The molecule has 2 aliphatic heterocycles. The van der Waals surface area contributed by atoms with Crippen LogP contribution in [0.5, 0.6) is 11.5 Å². The quantitative estimate of drug-likeness (QED) is 0.879. The number of hydrogen-bond donors (Lipinski definition) is 2. The monoisotopic (exact) mass is 359 g/mol. The molecule has 0 radical (unpaired) electrons. The summed E-state index contributed by atoms with van der Waals surface area (Å²) in [6.07, 6.45) is 0.471. The van der Waals surface area contributed by atoms with E-state index in [9.17, 15) is 14.6 Å². The Bertz CT molecular complexity index is 772. The van der Waals surface area contributed by atoms with Gasteiger partial charge in [-0.1, -0.05) is 18.2 Å². The van der Waals surface area contributed by atoms with Gasteiger partial charge in [0.05, 0.1) is 11.7 Å². The molecule has 0 bridgehead atoms. The number of piperidine rings is 1. The SMILES string of the molecule is O[C@H](CN1CCC(O)(c2ccc3c(c2)OCO3)CC1)c1ccc(F)cc1. The van der Waals surface area contributed by atoms with Gasteiger partial charge in [-0.25, -0.2) is 4.39 Å². The normalized spacial score (nSPS) is 20.1. The molecule has 0 spiro atoms. The van der Waals surface area contributed by atoms with Gasteiger partial charge in [0.2, 0.25) is 6.79 Å². The fourth-order valence-corrected chi connectivity index (χ4v) is 3.62. The van der Waals surface area contributed by atoms with Crippen molar-refractivity contribution in [3.8, 4) is 11.5 Å². The highest BCUT2D eigenvalue weighted by molar-refractivity contribution is 5.46. The molecule has 26 heavy (non-hydrogen) atoms. The molecule has 0 aromatic heterocycles. The van der Waals surface area contributed by atoms with Gasteiger partial charge < -0.3 is 24.6 Å². The highest BCUT2D eigenvalue weighted by atomic mass is 19.1. The number of β-amino-alcohol motifs (C(OH)–C–C–N with tert-alkyl or cyclic N) is 1. The van der Waals surface area contributed by atoms with Crippen molar-refractivity contribution in [1.29, 1.82) is 0 Å². The second-order valence-corrected chi connectivity index (χ2v) is 6.97. The van der Waals surface area contributed by atoms with E-state index >= 15 is 0 Å². The molecule has 2 N–H and O–H groups in total. The van der Waals surface area contributed by atoms with E-state index < -0.39 is 11.7 Å². The third kappa shape index (κ3) is 3.40. The highest BCUT2D eigenvalue weighted by Crippen LogP contribution is 2.39. The molecule has 1 fully saturated rings. The molecule has 2 aromatic rings. The molecule has 5 nitrogen and oxygen atoms in total. The first-order valence-corrected chi connectivity index (χ1v) is 8.82. The molecule has 0 aliphatic carbocycles. The van der Waals surface area contributed by atoms with Gasteiger partial charge in [-0.15, -0.1) is 0 Å². The van der Waals surface area contributed by atoms with E-state index in [1.807, 2.05) is 18.2 Å². The van der Waals surface area contributed by atoms with Crippen LogP contribution in [-0.4, -0.2) is 41.5 Å². The van der Waals surface area contributed by atoms with E-state index in [0.29, 0.717) is 49.5 Å². The first kappa shape index (κ1) is 17.3. The third-order valence-electron chi connectivity index (χ3n) is 5.28. The van der Waals surface area contributed by atoms with Gasteiger partial charge in [0, 0.05) is 19.6 Å². The highest BCUT2D eigenvalue weighted by Gasteiger charge is 2.35. The Morgan fingerprint density at radius 3 is 2.46 bits per heavy atom. The zero-order valence-electron chi connectivity index (χ0n) is 14.4. The lowest BCUT2D eigenvalue weighted by Gasteiger charge is -2.39. The maximum Gasteiger partial charge on any atom is 0.231 e. The number of halogens is 1. The molecule has 6 heteroatoms. The molecule has 0 saturated carbocycles. The molecule has 138 valence electrons. The molecular weight excluding hydrogens is 337 g/mol. The Balaban J connectivity index is 1.38. The molecular formula is C20H22FNO4. The van der Waals surface area contributed by atoms with E-state index in [1.165, 1.54) is 12.1 Å². The van der Waals surface area contributed by atoms with Crippen molar-refractivity contribution < 1.29 is 24.1 Å². The first-order valence-electron chi connectivity index (χ1n) is 8.82. The van der Waals surface area contributed by atoms with Crippen LogP contribution in [0.15, 0.2) is 42.5 Å². The standard InChI is InChI=1S/C20H22FNO4/c21-16-4-1-14(2-5-16)17(23)12-22-9-7-20(24,8-10-22)15-3-6-18-19(11-15)26-13-25-18/h1-6,11,17,23-24H,7-10,12-13H2/t17-/m1/s1. The number of fused-ring (bicyclic) bond motifs is 1. The summed E-state index contributed by atoms with van der Waals surface area (Å²) in [5.74, 6) is 1.06. The molecule has 0 unspecified atom stereocenters. The van der Waals surface area contributed by atoms with Crippen molar-refractivity contribution in [1.82, 2.24) is 4.90 Å². The Morgan fingerprint density at radius 2 is 1.73 bits per heavy atom.